The normalized spacial score (nSPS) is 17.8. The molecule has 1 aromatic rings. The molecule has 1 amide bonds. The quantitative estimate of drug-likeness (QED) is 0.761. The molecule has 0 saturated carbocycles. The molecule has 7 heteroatoms. The van der Waals surface area contributed by atoms with Crippen LogP contribution in [-0.4, -0.2) is 63.5 Å². The Balaban J connectivity index is 2.04. The number of likely N-dealkylation sites (N-methyl/N-ethyl adjacent to an activating group) is 1. The van der Waals surface area contributed by atoms with Crippen molar-refractivity contribution in [1.82, 2.24) is 4.90 Å². The third-order valence-corrected chi connectivity index (χ3v) is 3.72. The van der Waals surface area contributed by atoms with E-state index in [1.165, 1.54) is 0 Å². The second-order valence-electron chi connectivity index (χ2n) is 5.38. The lowest BCUT2D eigenvalue weighted by Crippen LogP contribution is -2.40. The number of hydrogen-bond donors (Lipinski definition) is 1. The van der Waals surface area contributed by atoms with Crippen molar-refractivity contribution < 1.29 is 19.0 Å². The van der Waals surface area contributed by atoms with Crippen molar-refractivity contribution in [2.75, 3.05) is 46.6 Å². The summed E-state index contributed by atoms with van der Waals surface area (Å²) in [4.78, 5) is 14.3. The maximum Gasteiger partial charge on any atom is 0.257 e. The highest BCUT2D eigenvalue weighted by atomic mass is 35.5. The fourth-order valence-electron chi connectivity index (χ4n) is 2.29. The number of carbonyl (C=O) groups excluding carboxylic acids is 1. The fraction of sp³-hybridized carbons (Fsp3) is 0.562. The Labute approximate surface area is 141 Å². The van der Waals surface area contributed by atoms with Gasteiger partial charge in [-0.3, -0.25) is 4.79 Å². The van der Waals surface area contributed by atoms with Gasteiger partial charge in [-0.05, 0) is 31.2 Å². The molecule has 1 fully saturated rings. The van der Waals surface area contributed by atoms with Crippen LogP contribution in [0.5, 0.6) is 5.75 Å². The Morgan fingerprint density at radius 2 is 2.30 bits per heavy atom. The van der Waals surface area contributed by atoms with Gasteiger partial charge in [0.2, 0.25) is 0 Å². The van der Waals surface area contributed by atoms with Crippen molar-refractivity contribution in [1.29, 1.82) is 0 Å². The lowest BCUT2D eigenvalue weighted by molar-refractivity contribution is -0.0933. The lowest BCUT2D eigenvalue weighted by Gasteiger charge is -2.28. The van der Waals surface area contributed by atoms with Crippen LogP contribution in [0.25, 0.3) is 0 Å². The van der Waals surface area contributed by atoms with Crippen LogP contribution in [0, 0.1) is 0 Å². The molecule has 1 aromatic carbocycles. The van der Waals surface area contributed by atoms with Crippen LogP contribution in [-0.2, 0) is 9.47 Å². The van der Waals surface area contributed by atoms with Crippen molar-refractivity contribution in [2.24, 2.45) is 5.73 Å². The average Bonchev–Trinajstić information content (AvgIpc) is 2.55. The first-order valence-corrected chi connectivity index (χ1v) is 8.07. The van der Waals surface area contributed by atoms with Crippen molar-refractivity contribution in [3.8, 4) is 5.75 Å². The molecule has 1 unspecified atom stereocenters. The van der Waals surface area contributed by atoms with Crippen LogP contribution in [0.3, 0.4) is 0 Å². The number of ether oxygens (including phenoxy) is 3. The summed E-state index contributed by atoms with van der Waals surface area (Å²) in [6.45, 7) is 3.09. The van der Waals surface area contributed by atoms with E-state index in [0.717, 1.165) is 0 Å². The summed E-state index contributed by atoms with van der Waals surface area (Å²) in [5.74, 6) is 0.335. The van der Waals surface area contributed by atoms with Crippen molar-refractivity contribution in [2.45, 2.75) is 12.5 Å². The van der Waals surface area contributed by atoms with Gasteiger partial charge in [0.15, 0.2) is 0 Å². The van der Waals surface area contributed by atoms with E-state index in [0.29, 0.717) is 62.3 Å². The van der Waals surface area contributed by atoms with Crippen LogP contribution in [0.4, 0.5) is 0 Å². The summed E-state index contributed by atoms with van der Waals surface area (Å²) in [6.07, 6.45) is 0.607. The number of benzene rings is 1. The van der Waals surface area contributed by atoms with Crippen LogP contribution in [0.2, 0.25) is 5.02 Å². The molecule has 2 N–H and O–H groups in total. The van der Waals surface area contributed by atoms with E-state index in [1.807, 2.05) is 0 Å². The van der Waals surface area contributed by atoms with Gasteiger partial charge in [-0.2, -0.15) is 0 Å². The van der Waals surface area contributed by atoms with Gasteiger partial charge >= 0.3 is 0 Å². The largest absolute Gasteiger partial charge is 0.493 e. The highest BCUT2D eigenvalue weighted by Crippen LogP contribution is 2.25. The Kier molecular flexibility index (Phi) is 7.11. The van der Waals surface area contributed by atoms with Gasteiger partial charge in [-0.25, -0.2) is 0 Å². The second kappa shape index (κ2) is 9.08. The average molecular weight is 343 g/mol. The Hall–Kier alpha value is -1.34. The van der Waals surface area contributed by atoms with Crippen LogP contribution >= 0.6 is 11.6 Å². The zero-order valence-electron chi connectivity index (χ0n) is 13.3. The summed E-state index contributed by atoms with van der Waals surface area (Å²) in [5, 5.41) is 0.524. The first kappa shape index (κ1) is 18.0. The van der Waals surface area contributed by atoms with Crippen molar-refractivity contribution in [3.05, 3.63) is 28.8 Å². The van der Waals surface area contributed by atoms with Gasteiger partial charge in [-0.1, -0.05) is 11.6 Å². The maximum absolute atomic E-state index is 12.7. The standard InChI is InChI=1S/C16H23ClN2O4/c1-19(10-13-11-21-7-8-22-13)16(20)14-4-3-12(17)9-15(14)23-6-2-5-18/h3-4,9,13H,2,5-8,10-11,18H2,1H3. The molecule has 0 bridgehead atoms. The number of halogens is 1. The molecule has 0 aromatic heterocycles. The van der Waals surface area contributed by atoms with E-state index >= 15 is 0 Å². The smallest absolute Gasteiger partial charge is 0.257 e. The first-order chi connectivity index (χ1) is 11.1. The molecule has 0 spiro atoms. The van der Waals surface area contributed by atoms with E-state index in [9.17, 15) is 4.79 Å². The molecule has 1 aliphatic rings. The summed E-state index contributed by atoms with van der Waals surface area (Å²) in [5.41, 5.74) is 5.94. The number of amides is 1. The number of hydrogen-bond acceptors (Lipinski definition) is 5. The Bertz CT molecular complexity index is 521. The van der Waals surface area contributed by atoms with E-state index in [2.05, 4.69) is 0 Å². The van der Waals surface area contributed by atoms with Gasteiger partial charge in [-0.15, -0.1) is 0 Å². The predicted octanol–water partition coefficient (Wildman–Crippen LogP) is 1.55. The van der Waals surface area contributed by atoms with Crippen LogP contribution < -0.4 is 10.5 Å². The molecule has 6 nitrogen and oxygen atoms in total. The number of carbonyl (C=O) groups is 1. The monoisotopic (exact) mass is 342 g/mol. The maximum atomic E-state index is 12.7. The van der Waals surface area contributed by atoms with E-state index in [4.69, 9.17) is 31.5 Å². The zero-order chi connectivity index (χ0) is 16.7. The first-order valence-electron chi connectivity index (χ1n) is 7.69. The number of rotatable bonds is 7. The van der Waals surface area contributed by atoms with Crippen LogP contribution in [0.15, 0.2) is 18.2 Å². The summed E-state index contributed by atoms with van der Waals surface area (Å²) in [7, 11) is 1.73. The van der Waals surface area contributed by atoms with Gasteiger partial charge in [0.1, 0.15) is 5.75 Å². The van der Waals surface area contributed by atoms with Gasteiger partial charge < -0.3 is 24.8 Å². The molecule has 128 valence electrons. The number of nitrogens with zero attached hydrogens (tertiary/aromatic N) is 1. The molecule has 0 aliphatic carbocycles. The van der Waals surface area contributed by atoms with Crippen LogP contribution in [0.1, 0.15) is 16.8 Å². The Morgan fingerprint density at radius 3 is 3.00 bits per heavy atom. The minimum atomic E-state index is -0.140. The molecule has 1 atom stereocenters. The highest BCUT2D eigenvalue weighted by Gasteiger charge is 2.22. The number of nitrogens with two attached hydrogens (primary N) is 1. The molecule has 2 rings (SSSR count). The predicted molar refractivity (Wildman–Crippen MR) is 88.1 cm³/mol. The lowest BCUT2D eigenvalue weighted by atomic mass is 10.1. The summed E-state index contributed by atoms with van der Waals surface area (Å²) >= 11 is 6.00. The van der Waals surface area contributed by atoms with Gasteiger partial charge in [0.25, 0.3) is 5.91 Å². The van der Waals surface area contributed by atoms with Gasteiger partial charge in [0, 0.05) is 18.6 Å². The Morgan fingerprint density at radius 1 is 1.48 bits per heavy atom. The molecular weight excluding hydrogens is 320 g/mol. The molecule has 0 radical (unpaired) electrons. The van der Waals surface area contributed by atoms with Crippen molar-refractivity contribution >= 4 is 17.5 Å². The third kappa shape index (κ3) is 5.35. The molecular formula is C16H23ClN2O4. The minimum absolute atomic E-state index is 0.105. The SMILES string of the molecule is CN(CC1COCCO1)C(=O)c1ccc(Cl)cc1OCCCN. The zero-order valence-corrected chi connectivity index (χ0v) is 14.1. The summed E-state index contributed by atoms with van der Waals surface area (Å²) < 4.78 is 16.6. The van der Waals surface area contributed by atoms with E-state index in [-0.39, 0.29) is 12.0 Å². The van der Waals surface area contributed by atoms with Gasteiger partial charge in [0.05, 0.1) is 38.1 Å². The van der Waals surface area contributed by atoms with Crippen molar-refractivity contribution in [3.63, 3.8) is 0 Å². The molecule has 23 heavy (non-hydrogen) atoms. The topological polar surface area (TPSA) is 74.0 Å². The van der Waals surface area contributed by atoms with E-state index in [1.54, 1.807) is 30.1 Å². The molecule has 1 aliphatic heterocycles. The minimum Gasteiger partial charge on any atom is -0.493 e. The second-order valence-corrected chi connectivity index (χ2v) is 5.82. The fourth-order valence-corrected chi connectivity index (χ4v) is 2.46. The third-order valence-electron chi connectivity index (χ3n) is 3.49. The molecule has 1 heterocycles. The highest BCUT2D eigenvalue weighted by molar-refractivity contribution is 6.30. The molecule has 1 saturated heterocycles. The van der Waals surface area contributed by atoms with E-state index < -0.39 is 0 Å². The summed E-state index contributed by atoms with van der Waals surface area (Å²) in [6, 6.07) is 5.01.